The third-order valence-corrected chi connectivity index (χ3v) is 5.03. The highest BCUT2D eigenvalue weighted by Crippen LogP contribution is 2.23. The van der Waals surface area contributed by atoms with E-state index in [0.717, 1.165) is 31.7 Å². The minimum Gasteiger partial charge on any atom is -0.375 e. The molecule has 0 radical (unpaired) electrons. The average molecular weight is 350 g/mol. The van der Waals surface area contributed by atoms with E-state index in [-0.39, 0.29) is 12.1 Å². The van der Waals surface area contributed by atoms with E-state index in [1.807, 2.05) is 18.2 Å². The minimum atomic E-state index is 0.0504. The molecule has 1 aromatic carbocycles. The fraction of sp³-hybridized carbons (Fsp3) is 0.429. The lowest BCUT2D eigenvalue weighted by Crippen LogP contribution is -2.47. The van der Waals surface area contributed by atoms with Gasteiger partial charge in [0.2, 0.25) is 0 Å². The second kappa shape index (κ2) is 8.79. The van der Waals surface area contributed by atoms with E-state index in [2.05, 4.69) is 52.5 Å². The number of anilines is 1. The first-order valence-electron chi connectivity index (χ1n) is 9.16. The normalized spacial score (nSPS) is 17.5. The van der Waals surface area contributed by atoms with Gasteiger partial charge in [0.1, 0.15) is 11.9 Å². The maximum Gasteiger partial charge on any atom is 0.128 e. The number of hydrogen-bond donors (Lipinski definition) is 1. The van der Waals surface area contributed by atoms with Crippen molar-refractivity contribution in [2.75, 3.05) is 25.1 Å². The molecular weight excluding hydrogens is 324 g/mol. The molecule has 2 atom stereocenters. The zero-order chi connectivity index (χ0) is 18.4. The molecule has 3 rings (SSSR count). The number of aromatic nitrogens is 1. The van der Waals surface area contributed by atoms with Crippen LogP contribution in [0, 0.1) is 11.3 Å². The van der Waals surface area contributed by atoms with E-state index >= 15 is 0 Å². The van der Waals surface area contributed by atoms with Gasteiger partial charge in [0.25, 0.3) is 0 Å². The summed E-state index contributed by atoms with van der Waals surface area (Å²) in [6, 6.07) is 17.0. The second-order valence-corrected chi connectivity index (χ2v) is 6.80. The molecule has 2 aromatic rings. The molecule has 0 amide bonds. The monoisotopic (exact) mass is 350 g/mol. The van der Waals surface area contributed by atoms with Gasteiger partial charge in [-0.3, -0.25) is 0 Å². The van der Waals surface area contributed by atoms with Crippen molar-refractivity contribution in [1.29, 1.82) is 5.26 Å². The zero-order valence-electron chi connectivity index (χ0n) is 15.4. The molecular formula is C21H26N4O. The summed E-state index contributed by atoms with van der Waals surface area (Å²) in [5.74, 6) is 0.953. The van der Waals surface area contributed by atoms with Crippen LogP contribution in [0.25, 0.3) is 0 Å². The van der Waals surface area contributed by atoms with Crippen molar-refractivity contribution in [3.63, 3.8) is 0 Å². The Morgan fingerprint density at radius 2 is 1.92 bits per heavy atom. The third kappa shape index (κ3) is 4.40. The maximum atomic E-state index is 8.88. The van der Waals surface area contributed by atoms with E-state index in [1.54, 1.807) is 13.3 Å². The molecule has 1 aromatic heterocycles. The van der Waals surface area contributed by atoms with Crippen LogP contribution >= 0.6 is 0 Å². The number of nitrogens with one attached hydrogen (secondary N) is 1. The molecule has 1 aliphatic rings. The van der Waals surface area contributed by atoms with Crippen molar-refractivity contribution in [2.45, 2.75) is 38.0 Å². The summed E-state index contributed by atoms with van der Waals surface area (Å²) >= 11 is 0. The largest absolute Gasteiger partial charge is 0.375 e. The van der Waals surface area contributed by atoms with Crippen molar-refractivity contribution in [1.82, 2.24) is 10.3 Å². The summed E-state index contributed by atoms with van der Waals surface area (Å²) in [4.78, 5) is 6.69. The van der Waals surface area contributed by atoms with Crippen molar-refractivity contribution in [3.8, 4) is 6.07 Å². The van der Waals surface area contributed by atoms with Crippen LogP contribution in [0.2, 0.25) is 0 Å². The molecule has 0 aliphatic carbocycles. The Morgan fingerprint density at radius 3 is 2.50 bits per heavy atom. The molecule has 1 N–H and O–H groups in total. The summed E-state index contributed by atoms with van der Waals surface area (Å²) in [7, 11) is 1.77. The topological polar surface area (TPSA) is 61.2 Å². The van der Waals surface area contributed by atoms with Crippen molar-refractivity contribution < 1.29 is 4.74 Å². The van der Waals surface area contributed by atoms with Gasteiger partial charge in [-0.15, -0.1) is 0 Å². The van der Waals surface area contributed by atoms with E-state index in [4.69, 9.17) is 10.00 Å². The first kappa shape index (κ1) is 18.4. The third-order valence-electron chi connectivity index (χ3n) is 5.03. The van der Waals surface area contributed by atoms with Crippen LogP contribution in [0.4, 0.5) is 5.82 Å². The van der Waals surface area contributed by atoms with Crippen LogP contribution in [0.5, 0.6) is 0 Å². The fourth-order valence-corrected chi connectivity index (χ4v) is 3.65. The Hall–Kier alpha value is -2.42. The Morgan fingerprint density at radius 1 is 1.19 bits per heavy atom. The highest BCUT2D eigenvalue weighted by atomic mass is 16.5. The summed E-state index contributed by atoms with van der Waals surface area (Å²) in [5, 5.41) is 12.6. The zero-order valence-corrected chi connectivity index (χ0v) is 15.4. The molecule has 2 heterocycles. The lowest BCUT2D eigenvalue weighted by Gasteiger charge is -2.36. The Labute approximate surface area is 155 Å². The van der Waals surface area contributed by atoms with Crippen LogP contribution in [-0.2, 0) is 4.74 Å². The summed E-state index contributed by atoms with van der Waals surface area (Å²) in [5.41, 5.74) is 1.81. The number of pyridine rings is 1. The number of nitrogens with zero attached hydrogens (tertiary/aromatic N) is 3. The molecule has 1 saturated heterocycles. The molecule has 0 bridgehead atoms. The van der Waals surface area contributed by atoms with Crippen molar-refractivity contribution in [2.24, 2.45) is 0 Å². The first-order chi connectivity index (χ1) is 12.7. The van der Waals surface area contributed by atoms with Gasteiger partial charge in [0.05, 0.1) is 11.7 Å². The van der Waals surface area contributed by atoms with E-state index in [1.165, 1.54) is 5.56 Å². The predicted octanol–water partition coefficient (Wildman–Crippen LogP) is 3.29. The van der Waals surface area contributed by atoms with Gasteiger partial charge in [-0.25, -0.2) is 4.98 Å². The standard InChI is InChI=1S/C21H26N4O/c1-16(21(26-2)18-6-4-3-5-7-18)24-19-10-12-25(13-11-19)20-9-8-17(14-22)15-23-20/h3-9,15-16,19,21,24H,10-13H2,1-2H3/t16-,21+/m0/s1. The van der Waals surface area contributed by atoms with Gasteiger partial charge in [-0.1, -0.05) is 30.3 Å². The molecule has 0 saturated carbocycles. The van der Waals surface area contributed by atoms with Crippen LogP contribution in [-0.4, -0.2) is 37.3 Å². The van der Waals surface area contributed by atoms with Crippen LogP contribution in [0.1, 0.15) is 37.0 Å². The van der Waals surface area contributed by atoms with Gasteiger partial charge >= 0.3 is 0 Å². The van der Waals surface area contributed by atoms with Gasteiger partial charge in [0, 0.05) is 38.5 Å². The summed E-state index contributed by atoms with van der Waals surface area (Å²) < 4.78 is 5.74. The minimum absolute atomic E-state index is 0.0504. The van der Waals surface area contributed by atoms with Gasteiger partial charge in [-0.05, 0) is 37.5 Å². The molecule has 5 nitrogen and oxygen atoms in total. The molecule has 0 spiro atoms. The second-order valence-electron chi connectivity index (χ2n) is 6.80. The number of piperidine rings is 1. The van der Waals surface area contributed by atoms with Crippen molar-refractivity contribution >= 4 is 5.82 Å². The van der Waals surface area contributed by atoms with Crippen LogP contribution in [0.15, 0.2) is 48.7 Å². The molecule has 136 valence electrons. The lowest BCUT2D eigenvalue weighted by molar-refractivity contribution is 0.0680. The molecule has 1 aliphatic heterocycles. The van der Waals surface area contributed by atoms with Gasteiger partial charge in [-0.2, -0.15) is 5.26 Å². The highest BCUT2D eigenvalue weighted by Gasteiger charge is 2.25. The van der Waals surface area contributed by atoms with Crippen LogP contribution < -0.4 is 10.2 Å². The molecule has 0 unspecified atom stereocenters. The van der Waals surface area contributed by atoms with Gasteiger partial charge < -0.3 is 15.0 Å². The average Bonchev–Trinajstić information content (AvgIpc) is 2.70. The summed E-state index contributed by atoms with van der Waals surface area (Å²) in [6.07, 6.45) is 3.83. The fourth-order valence-electron chi connectivity index (χ4n) is 3.65. The number of rotatable bonds is 6. The number of ether oxygens (including phenoxy) is 1. The number of nitriles is 1. The van der Waals surface area contributed by atoms with Crippen molar-refractivity contribution in [3.05, 3.63) is 59.8 Å². The van der Waals surface area contributed by atoms with E-state index in [9.17, 15) is 0 Å². The van der Waals surface area contributed by atoms with Gasteiger partial charge in [0.15, 0.2) is 0 Å². The Bertz CT molecular complexity index is 718. The Kier molecular flexibility index (Phi) is 6.21. The number of methoxy groups -OCH3 is 1. The quantitative estimate of drug-likeness (QED) is 0.866. The number of hydrogen-bond acceptors (Lipinski definition) is 5. The first-order valence-corrected chi connectivity index (χ1v) is 9.16. The SMILES string of the molecule is CO[C@@H](c1ccccc1)[C@H](C)NC1CCN(c2ccc(C#N)cn2)CC1. The summed E-state index contributed by atoms with van der Waals surface area (Å²) in [6.45, 7) is 4.12. The Balaban J connectivity index is 1.53. The number of benzene rings is 1. The maximum absolute atomic E-state index is 8.88. The molecule has 1 fully saturated rings. The highest BCUT2D eigenvalue weighted by molar-refractivity contribution is 5.42. The van der Waals surface area contributed by atoms with Crippen LogP contribution in [0.3, 0.4) is 0 Å². The molecule has 26 heavy (non-hydrogen) atoms. The van der Waals surface area contributed by atoms with E-state index in [0.29, 0.717) is 11.6 Å². The molecule has 5 heteroatoms. The van der Waals surface area contributed by atoms with E-state index < -0.39 is 0 Å². The lowest BCUT2D eigenvalue weighted by atomic mass is 9.99. The predicted molar refractivity (Wildman–Crippen MR) is 103 cm³/mol. The smallest absolute Gasteiger partial charge is 0.128 e.